The molecule has 2 heteroatoms. The number of rotatable bonds is 1. The summed E-state index contributed by atoms with van der Waals surface area (Å²) in [6, 6.07) is 9.45. The Hall–Kier alpha value is -1.31. The van der Waals surface area contributed by atoms with Crippen LogP contribution >= 0.6 is 0 Å². The Morgan fingerprint density at radius 3 is 3.00 bits per heavy atom. The molecular formula is C17H21NO. The number of fused-ring (bicyclic) bond motifs is 1. The zero-order valence-electron chi connectivity index (χ0n) is 11.3. The van der Waals surface area contributed by atoms with Crippen molar-refractivity contribution in [2.45, 2.75) is 50.0 Å². The van der Waals surface area contributed by atoms with Gasteiger partial charge in [-0.3, -0.25) is 4.79 Å². The monoisotopic (exact) mass is 255 g/mol. The van der Waals surface area contributed by atoms with Gasteiger partial charge in [0.05, 0.1) is 0 Å². The normalized spacial score (nSPS) is 36.3. The van der Waals surface area contributed by atoms with Crippen LogP contribution in [0.15, 0.2) is 24.3 Å². The first-order chi connectivity index (χ1) is 9.35. The van der Waals surface area contributed by atoms with Crippen LogP contribution in [0.1, 0.15) is 43.2 Å². The van der Waals surface area contributed by atoms with E-state index < -0.39 is 0 Å². The Morgan fingerprint density at radius 1 is 1.21 bits per heavy atom. The third-order valence-corrected chi connectivity index (χ3v) is 5.92. The zero-order valence-corrected chi connectivity index (χ0v) is 11.3. The van der Waals surface area contributed by atoms with Gasteiger partial charge in [0.15, 0.2) is 0 Å². The smallest absolute Gasteiger partial charge is 0.209 e. The summed E-state index contributed by atoms with van der Waals surface area (Å²) in [5, 5.41) is 0. The quantitative estimate of drug-likeness (QED) is 0.707. The van der Waals surface area contributed by atoms with E-state index in [2.05, 4.69) is 29.2 Å². The molecule has 0 radical (unpaired) electrons. The molecule has 19 heavy (non-hydrogen) atoms. The van der Waals surface area contributed by atoms with Gasteiger partial charge in [0.25, 0.3) is 0 Å². The minimum absolute atomic E-state index is 0.386. The van der Waals surface area contributed by atoms with Gasteiger partial charge >= 0.3 is 0 Å². The van der Waals surface area contributed by atoms with Gasteiger partial charge in [-0.25, -0.2) is 0 Å². The molecule has 3 atom stereocenters. The fourth-order valence-electron chi connectivity index (χ4n) is 5.13. The zero-order chi connectivity index (χ0) is 12.9. The molecule has 2 bridgehead atoms. The average molecular weight is 255 g/mol. The van der Waals surface area contributed by atoms with Crippen molar-refractivity contribution in [3.8, 4) is 0 Å². The van der Waals surface area contributed by atoms with Crippen LogP contribution < -0.4 is 0 Å². The maximum Gasteiger partial charge on any atom is 0.209 e. The molecule has 0 aromatic heterocycles. The standard InChI is InChI=1S/C17H21NO/c19-12-18-10-9-17-8-4-3-7-15(17)16(18)11-13-5-1-2-6-14(13)17/h1-2,5-6,12,15-16H,3-4,7-11H2/t15-,16+,17-/m0/s1. The highest BCUT2D eigenvalue weighted by atomic mass is 16.1. The topological polar surface area (TPSA) is 20.3 Å². The summed E-state index contributed by atoms with van der Waals surface area (Å²) >= 11 is 0. The summed E-state index contributed by atoms with van der Waals surface area (Å²) in [5.41, 5.74) is 3.50. The third-order valence-electron chi connectivity index (χ3n) is 5.92. The predicted molar refractivity (Wildman–Crippen MR) is 75.0 cm³/mol. The van der Waals surface area contributed by atoms with Gasteiger partial charge in [-0.15, -0.1) is 0 Å². The highest BCUT2D eigenvalue weighted by Crippen LogP contribution is 2.55. The minimum atomic E-state index is 0.386. The predicted octanol–water partition coefficient (Wildman–Crippen LogP) is 2.90. The number of nitrogens with zero attached hydrogens (tertiary/aromatic N) is 1. The fourth-order valence-corrected chi connectivity index (χ4v) is 5.13. The lowest BCUT2D eigenvalue weighted by Gasteiger charge is -2.58. The van der Waals surface area contributed by atoms with Crippen molar-refractivity contribution < 1.29 is 4.79 Å². The van der Waals surface area contributed by atoms with Crippen molar-refractivity contribution in [1.82, 2.24) is 4.90 Å². The van der Waals surface area contributed by atoms with Gasteiger partial charge in [0.1, 0.15) is 0 Å². The van der Waals surface area contributed by atoms with Crippen molar-refractivity contribution in [3.63, 3.8) is 0 Å². The van der Waals surface area contributed by atoms with E-state index in [4.69, 9.17) is 0 Å². The van der Waals surface area contributed by atoms with Crippen molar-refractivity contribution in [2.24, 2.45) is 5.92 Å². The van der Waals surface area contributed by atoms with Gasteiger partial charge in [-0.1, -0.05) is 37.1 Å². The van der Waals surface area contributed by atoms with E-state index in [9.17, 15) is 4.79 Å². The second-order valence-corrected chi connectivity index (χ2v) is 6.53. The summed E-state index contributed by atoms with van der Waals surface area (Å²) in [6.45, 7) is 0.957. The van der Waals surface area contributed by atoms with E-state index in [-0.39, 0.29) is 0 Å². The maximum atomic E-state index is 11.4. The summed E-state index contributed by atoms with van der Waals surface area (Å²) in [7, 11) is 0. The Bertz CT molecular complexity index is 512. The van der Waals surface area contributed by atoms with Crippen LogP contribution in [-0.4, -0.2) is 23.9 Å². The molecular weight excluding hydrogens is 234 g/mol. The first-order valence-corrected chi connectivity index (χ1v) is 7.64. The van der Waals surface area contributed by atoms with Crippen LogP contribution in [0, 0.1) is 5.92 Å². The Labute approximate surface area is 114 Å². The molecule has 0 spiro atoms. The summed E-state index contributed by atoms with van der Waals surface area (Å²) in [5.74, 6) is 0.704. The molecule has 100 valence electrons. The van der Waals surface area contributed by atoms with Crippen molar-refractivity contribution >= 4 is 6.41 Å². The van der Waals surface area contributed by atoms with Crippen molar-refractivity contribution in [2.75, 3.05) is 6.54 Å². The second-order valence-electron chi connectivity index (χ2n) is 6.53. The van der Waals surface area contributed by atoms with Gasteiger partial charge < -0.3 is 4.90 Å². The number of carbonyl (C=O) groups excluding carboxylic acids is 1. The molecule has 1 aromatic rings. The Balaban J connectivity index is 1.88. The molecule has 2 nitrogen and oxygen atoms in total. The van der Waals surface area contributed by atoms with E-state index in [0.29, 0.717) is 17.4 Å². The molecule has 0 unspecified atom stereocenters. The maximum absolute atomic E-state index is 11.4. The number of carbonyl (C=O) groups is 1. The highest BCUT2D eigenvalue weighted by Gasteiger charge is 2.53. The molecule has 1 aliphatic heterocycles. The third kappa shape index (κ3) is 1.46. The van der Waals surface area contributed by atoms with Crippen molar-refractivity contribution in [3.05, 3.63) is 35.4 Å². The largest absolute Gasteiger partial charge is 0.342 e. The van der Waals surface area contributed by atoms with E-state index >= 15 is 0 Å². The van der Waals surface area contributed by atoms with Crippen LogP contribution in [0.5, 0.6) is 0 Å². The SMILES string of the molecule is O=CN1CC[C@]23CCCC[C@H]2[C@H]1Cc1ccccc13. The van der Waals surface area contributed by atoms with Crippen molar-refractivity contribution in [1.29, 1.82) is 0 Å². The van der Waals surface area contributed by atoms with Gasteiger partial charge in [0.2, 0.25) is 6.41 Å². The van der Waals surface area contributed by atoms with Crippen LogP contribution in [0.3, 0.4) is 0 Å². The van der Waals surface area contributed by atoms with Gasteiger partial charge in [0, 0.05) is 18.0 Å². The molecule has 1 amide bonds. The van der Waals surface area contributed by atoms with E-state index in [1.165, 1.54) is 37.7 Å². The van der Waals surface area contributed by atoms with Gasteiger partial charge in [-0.05, 0) is 42.7 Å². The molecule has 1 aromatic carbocycles. The second kappa shape index (κ2) is 4.09. The van der Waals surface area contributed by atoms with Crippen LogP contribution in [0.25, 0.3) is 0 Å². The molecule has 1 saturated heterocycles. The van der Waals surface area contributed by atoms with Crippen LogP contribution in [-0.2, 0) is 16.6 Å². The number of piperidine rings is 1. The molecule has 1 saturated carbocycles. The summed E-state index contributed by atoms with van der Waals surface area (Å²) < 4.78 is 0. The Morgan fingerprint density at radius 2 is 2.11 bits per heavy atom. The van der Waals surface area contributed by atoms with E-state index in [0.717, 1.165) is 19.4 Å². The molecule has 3 aliphatic rings. The lowest BCUT2D eigenvalue weighted by molar-refractivity contribution is -0.126. The van der Waals surface area contributed by atoms with Crippen LogP contribution in [0.4, 0.5) is 0 Å². The molecule has 2 fully saturated rings. The first kappa shape index (κ1) is 11.5. The molecule has 4 rings (SSSR count). The lowest BCUT2D eigenvalue weighted by Crippen LogP contribution is -2.60. The molecule has 1 heterocycles. The minimum Gasteiger partial charge on any atom is -0.342 e. The number of hydrogen-bond donors (Lipinski definition) is 0. The fraction of sp³-hybridized carbons (Fsp3) is 0.588. The summed E-state index contributed by atoms with van der Waals surface area (Å²) in [4.78, 5) is 13.5. The number of benzene rings is 1. The summed E-state index contributed by atoms with van der Waals surface area (Å²) in [6.07, 6.45) is 8.68. The number of hydrogen-bond acceptors (Lipinski definition) is 1. The van der Waals surface area contributed by atoms with E-state index in [1.54, 1.807) is 5.56 Å². The number of amides is 1. The first-order valence-electron chi connectivity index (χ1n) is 7.64. The lowest BCUT2D eigenvalue weighted by atomic mass is 9.52. The van der Waals surface area contributed by atoms with Gasteiger partial charge in [-0.2, -0.15) is 0 Å². The van der Waals surface area contributed by atoms with Crippen LogP contribution in [0.2, 0.25) is 0 Å². The number of likely N-dealkylation sites (tertiary alicyclic amines) is 1. The molecule has 0 N–H and O–H groups in total. The Kier molecular flexibility index (Phi) is 2.48. The van der Waals surface area contributed by atoms with E-state index in [1.807, 2.05) is 0 Å². The average Bonchev–Trinajstić information content (AvgIpc) is 2.47. The highest BCUT2D eigenvalue weighted by molar-refractivity contribution is 5.51. The molecule has 2 aliphatic carbocycles.